The molecule has 1 saturated carbocycles. The predicted octanol–water partition coefficient (Wildman–Crippen LogP) is 4.12. The molecule has 2 aliphatic rings. The number of urea groups is 1. The number of hydrogen-bond acceptors (Lipinski definition) is 5. The second-order valence-electron chi connectivity index (χ2n) is 8.57. The predicted molar refractivity (Wildman–Crippen MR) is 117 cm³/mol. The number of aromatic nitrogens is 2. The van der Waals surface area contributed by atoms with Crippen LogP contribution >= 0.6 is 0 Å². The molecule has 168 valence electrons. The number of benzene rings is 1. The molecule has 0 radical (unpaired) electrons. The Balaban J connectivity index is 1.52. The lowest BCUT2D eigenvalue weighted by Gasteiger charge is -2.41. The number of nitrogens with zero attached hydrogens (tertiary/aromatic N) is 3. The van der Waals surface area contributed by atoms with E-state index < -0.39 is 0 Å². The number of rotatable bonds is 7. The second-order valence-corrected chi connectivity index (χ2v) is 8.57. The van der Waals surface area contributed by atoms with Crippen molar-refractivity contribution in [3.05, 3.63) is 36.2 Å². The van der Waals surface area contributed by atoms with E-state index in [9.17, 15) is 4.79 Å². The van der Waals surface area contributed by atoms with Gasteiger partial charge < -0.3 is 24.4 Å². The third-order valence-corrected chi connectivity index (χ3v) is 6.52. The van der Waals surface area contributed by atoms with Gasteiger partial charge in [0, 0.05) is 25.9 Å². The van der Waals surface area contributed by atoms with Gasteiger partial charge in [-0.25, -0.2) is 4.79 Å². The second kappa shape index (κ2) is 9.60. The lowest BCUT2D eigenvalue weighted by Crippen LogP contribution is -2.48. The Hall–Kier alpha value is -2.74. The number of carbonyl (C=O) groups excluding carboxylic acids is 1. The van der Waals surface area contributed by atoms with Gasteiger partial charge in [0.25, 0.3) is 0 Å². The molecular formula is C23H32N4O4. The van der Waals surface area contributed by atoms with Gasteiger partial charge in [-0.3, -0.25) is 4.68 Å². The average Bonchev–Trinajstić information content (AvgIpc) is 3.41. The van der Waals surface area contributed by atoms with Crippen LogP contribution in [-0.2, 0) is 17.8 Å². The van der Waals surface area contributed by atoms with Crippen molar-refractivity contribution in [2.45, 2.75) is 52.2 Å². The van der Waals surface area contributed by atoms with Crippen molar-refractivity contribution in [3.8, 4) is 11.5 Å². The summed E-state index contributed by atoms with van der Waals surface area (Å²) in [6.45, 7) is 6.52. The third kappa shape index (κ3) is 4.95. The Bertz CT molecular complexity index is 899. The number of carbonyl (C=O) groups is 1. The molecule has 0 bridgehead atoms. The van der Waals surface area contributed by atoms with E-state index in [1.165, 1.54) is 6.42 Å². The largest absolute Gasteiger partial charge is 0.454 e. The number of anilines is 1. The highest BCUT2D eigenvalue weighted by Gasteiger charge is 2.34. The van der Waals surface area contributed by atoms with E-state index in [0.717, 1.165) is 29.9 Å². The van der Waals surface area contributed by atoms with Crippen LogP contribution in [-0.4, -0.2) is 47.3 Å². The fourth-order valence-corrected chi connectivity index (χ4v) is 4.50. The van der Waals surface area contributed by atoms with Crippen molar-refractivity contribution >= 4 is 11.7 Å². The quantitative estimate of drug-likeness (QED) is 0.718. The number of methoxy groups -OCH3 is 1. The lowest BCUT2D eigenvalue weighted by atomic mass is 9.77. The summed E-state index contributed by atoms with van der Waals surface area (Å²) < 4.78 is 17.8. The van der Waals surface area contributed by atoms with Crippen LogP contribution in [0.1, 0.15) is 38.7 Å². The van der Waals surface area contributed by atoms with Gasteiger partial charge in [0.05, 0.1) is 25.0 Å². The zero-order chi connectivity index (χ0) is 21.8. The van der Waals surface area contributed by atoms with E-state index in [4.69, 9.17) is 14.2 Å². The molecule has 0 saturated heterocycles. The summed E-state index contributed by atoms with van der Waals surface area (Å²) in [5.41, 5.74) is 1.72. The molecular weight excluding hydrogens is 396 g/mol. The number of nitrogens with one attached hydrogen (secondary N) is 1. The molecule has 31 heavy (non-hydrogen) atoms. The van der Waals surface area contributed by atoms with Crippen LogP contribution in [0.25, 0.3) is 0 Å². The Labute approximate surface area is 183 Å². The number of amides is 2. The first-order chi connectivity index (χ1) is 15.0. The van der Waals surface area contributed by atoms with Gasteiger partial charge in [0.15, 0.2) is 11.5 Å². The summed E-state index contributed by atoms with van der Waals surface area (Å²) in [4.78, 5) is 15.4. The van der Waals surface area contributed by atoms with Crippen LogP contribution in [0, 0.1) is 11.8 Å². The maximum Gasteiger partial charge on any atom is 0.322 e. The highest BCUT2D eigenvalue weighted by molar-refractivity contribution is 5.89. The van der Waals surface area contributed by atoms with E-state index in [0.29, 0.717) is 37.2 Å². The molecule has 1 aliphatic carbocycles. The Morgan fingerprint density at radius 1 is 1.29 bits per heavy atom. The summed E-state index contributed by atoms with van der Waals surface area (Å²) in [7, 11) is 1.66. The molecule has 1 fully saturated rings. The molecule has 2 heterocycles. The molecule has 0 unspecified atom stereocenters. The Kier molecular flexibility index (Phi) is 6.65. The minimum Gasteiger partial charge on any atom is -0.454 e. The average molecular weight is 429 g/mol. The maximum absolute atomic E-state index is 13.4. The van der Waals surface area contributed by atoms with Crippen LogP contribution in [0.5, 0.6) is 11.5 Å². The molecule has 1 N–H and O–H groups in total. The van der Waals surface area contributed by atoms with Crippen LogP contribution < -0.4 is 14.8 Å². The normalized spacial score (nSPS) is 22.4. The number of hydrogen-bond donors (Lipinski definition) is 1. The van der Waals surface area contributed by atoms with Crippen molar-refractivity contribution in [3.63, 3.8) is 0 Å². The van der Waals surface area contributed by atoms with Crippen molar-refractivity contribution in [2.24, 2.45) is 11.8 Å². The van der Waals surface area contributed by atoms with Gasteiger partial charge >= 0.3 is 6.03 Å². The molecule has 1 aromatic heterocycles. The number of ether oxygens (including phenoxy) is 3. The molecule has 4 rings (SSSR count). The van der Waals surface area contributed by atoms with Crippen LogP contribution in [0.3, 0.4) is 0 Å². The van der Waals surface area contributed by atoms with Crippen molar-refractivity contribution in [1.82, 2.24) is 14.7 Å². The first kappa shape index (κ1) is 21.5. The molecule has 0 spiro atoms. The van der Waals surface area contributed by atoms with E-state index in [2.05, 4.69) is 24.3 Å². The number of fused-ring (bicyclic) bond motifs is 1. The van der Waals surface area contributed by atoms with Gasteiger partial charge in [-0.2, -0.15) is 5.10 Å². The highest BCUT2D eigenvalue weighted by Crippen LogP contribution is 2.36. The van der Waals surface area contributed by atoms with Gasteiger partial charge in [-0.15, -0.1) is 0 Å². The molecule has 8 nitrogen and oxygen atoms in total. The summed E-state index contributed by atoms with van der Waals surface area (Å²) in [5, 5.41) is 7.35. The standard InChI is InChI=1S/C23H32N4O4/c1-16-5-4-6-20(17(16)2)27(13-18-7-8-21-22(11-18)31-15-30-21)23(28)25-19-12-24-26(14-19)9-10-29-3/h7-8,11-12,14,16-17,20H,4-6,9-10,13,15H2,1-3H3,(H,25,28)/t16-,17-,20+/m0/s1. The minimum atomic E-state index is -0.102. The smallest absolute Gasteiger partial charge is 0.322 e. The SMILES string of the molecule is COCCn1cc(NC(=O)N(Cc2ccc3c(c2)OCO3)[C@@H]2CCC[C@H](C)[C@@H]2C)cn1. The molecule has 2 aromatic rings. The van der Waals surface area contributed by atoms with E-state index in [1.807, 2.05) is 29.3 Å². The summed E-state index contributed by atoms with van der Waals surface area (Å²) >= 11 is 0. The van der Waals surface area contributed by atoms with E-state index in [-0.39, 0.29) is 18.9 Å². The summed E-state index contributed by atoms with van der Waals surface area (Å²) in [6, 6.07) is 5.98. The minimum absolute atomic E-state index is 0.102. The molecule has 3 atom stereocenters. The first-order valence-corrected chi connectivity index (χ1v) is 11.0. The summed E-state index contributed by atoms with van der Waals surface area (Å²) in [6.07, 6.45) is 6.87. The lowest BCUT2D eigenvalue weighted by molar-refractivity contribution is 0.102. The topological polar surface area (TPSA) is 77.9 Å². The van der Waals surface area contributed by atoms with Crippen molar-refractivity contribution in [1.29, 1.82) is 0 Å². The maximum atomic E-state index is 13.4. The molecule has 2 amide bonds. The van der Waals surface area contributed by atoms with Crippen LogP contribution in [0.4, 0.5) is 10.5 Å². The van der Waals surface area contributed by atoms with E-state index >= 15 is 0 Å². The third-order valence-electron chi connectivity index (χ3n) is 6.52. The van der Waals surface area contributed by atoms with Gasteiger partial charge in [0.2, 0.25) is 6.79 Å². The summed E-state index contributed by atoms with van der Waals surface area (Å²) in [5.74, 6) is 2.51. The zero-order valence-electron chi connectivity index (χ0n) is 18.5. The van der Waals surface area contributed by atoms with Crippen molar-refractivity contribution < 1.29 is 19.0 Å². The monoisotopic (exact) mass is 428 g/mol. The Morgan fingerprint density at radius 2 is 2.13 bits per heavy atom. The van der Waals surface area contributed by atoms with Gasteiger partial charge in [-0.1, -0.05) is 32.8 Å². The van der Waals surface area contributed by atoms with Crippen molar-refractivity contribution in [2.75, 3.05) is 25.8 Å². The van der Waals surface area contributed by atoms with Crippen LogP contribution in [0.2, 0.25) is 0 Å². The molecule has 8 heteroatoms. The Morgan fingerprint density at radius 3 is 2.97 bits per heavy atom. The van der Waals surface area contributed by atoms with Crippen LogP contribution in [0.15, 0.2) is 30.6 Å². The molecule has 1 aromatic carbocycles. The first-order valence-electron chi connectivity index (χ1n) is 11.0. The fraction of sp³-hybridized carbons (Fsp3) is 0.565. The fourth-order valence-electron chi connectivity index (χ4n) is 4.50. The zero-order valence-corrected chi connectivity index (χ0v) is 18.5. The highest BCUT2D eigenvalue weighted by atomic mass is 16.7. The molecule has 1 aliphatic heterocycles. The van der Waals surface area contributed by atoms with Gasteiger partial charge in [0.1, 0.15) is 0 Å². The van der Waals surface area contributed by atoms with Gasteiger partial charge in [-0.05, 0) is 36.0 Å². The van der Waals surface area contributed by atoms with E-state index in [1.54, 1.807) is 18.0 Å².